The van der Waals surface area contributed by atoms with Crippen molar-refractivity contribution in [1.82, 2.24) is 4.98 Å². The van der Waals surface area contributed by atoms with Gasteiger partial charge in [-0.15, -0.1) is 0 Å². The van der Waals surface area contributed by atoms with Gasteiger partial charge in [0.15, 0.2) is 0 Å². The molecule has 0 saturated heterocycles. The summed E-state index contributed by atoms with van der Waals surface area (Å²) < 4.78 is 0. The quantitative estimate of drug-likeness (QED) is 0.601. The van der Waals surface area contributed by atoms with Crippen LogP contribution in [-0.2, 0) is 11.8 Å². The highest BCUT2D eigenvalue weighted by atomic mass is 79.9. The van der Waals surface area contributed by atoms with Crippen LogP contribution in [-0.4, -0.2) is 15.6 Å². The monoisotopic (exact) mass is 415 g/mol. The lowest BCUT2D eigenvalue weighted by molar-refractivity contribution is 0.547. The maximum atomic E-state index is 6.28. The van der Waals surface area contributed by atoms with Crippen molar-refractivity contribution in [2.75, 3.05) is 10.7 Å². The maximum Gasteiger partial charge on any atom is 0.0621 e. The molecule has 2 aromatic rings. The Morgan fingerprint density at radius 2 is 1.85 bits per heavy atom. The van der Waals surface area contributed by atoms with Crippen LogP contribution in [0.2, 0.25) is 5.02 Å². The van der Waals surface area contributed by atoms with Gasteiger partial charge in [0, 0.05) is 28.5 Å². The van der Waals surface area contributed by atoms with E-state index in [0.717, 1.165) is 27.7 Å². The first-order chi connectivity index (χ1) is 9.63. The molecule has 0 fully saturated rings. The first-order valence-corrected chi connectivity index (χ1v) is 9.01. The number of benzene rings is 1. The van der Waals surface area contributed by atoms with Gasteiger partial charge in [-0.2, -0.15) is 0 Å². The second-order valence-corrected chi connectivity index (χ2v) is 6.54. The summed E-state index contributed by atoms with van der Waals surface area (Å²) in [6.07, 6.45) is 4.38. The second-order valence-electron chi connectivity index (χ2n) is 5.01. The first kappa shape index (κ1) is 16.0. The molecular formula is C16H16Br2ClN. The largest absolute Gasteiger partial charge is 0.263 e. The number of nitrogens with zero attached hydrogens (tertiary/aromatic N) is 1. The maximum absolute atomic E-state index is 6.28. The van der Waals surface area contributed by atoms with E-state index in [0.29, 0.717) is 0 Å². The number of alkyl halides is 2. The Balaban J connectivity index is 2.46. The van der Waals surface area contributed by atoms with Gasteiger partial charge in [0.25, 0.3) is 0 Å². The van der Waals surface area contributed by atoms with Crippen molar-refractivity contribution in [2.45, 2.75) is 18.8 Å². The molecule has 20 heavy (non-hydrogen) atoms. The van der Waals surface area contributed by atoms with Crippen molar-refractivity contribution < 1.29 is 0 Å². The van der Waals surface area contributed by atoms with Crippen LogP contribution in [0.25, 0.3) is 0 Å². The van der Waals surface area contributed by atoms with E-state index in [1.54, 1.807) is 12.4 Å². The topological polar surface area (TPSA) is 12.9 Å². The fourth-order valence-electron chi connectivity index (χ4n) is 2.45. The Morgan fingerprint density at radius 1 is 1.15 bits per heavy atom. The molecule has 0 spiro atoms. The summed E-state index contributed by atoms with van der Waals surface area (Å²) >= 11 is 13.7. The first-order valence-electron chi connectivity index (χ1n) is 6.39. The highest BCUT2D eigenvalue weighted by Gasteiger charge is 2.32. The van der Waals surface area contributed by atoms with E-state index < -0.39 is 0 Å². The number of aryl methyl sites for hydroxylation is 1. The molecule has 1 aromatic heterocycles. The van der Waals surface area contributed by atoms with Crippen molar-refractivity contribution in [3.05, 3.63) is 64.4 Å². The molecule has 4 heteroatoms. The van der Waals surface area contributed by atoms with Crippen LogP contribution in [0.1, 0.15) is 16.7 Å². The van der Waals surface area contributed by atoms with E-state index in [1.165, 1.54) is 11.1 Å². The number of halogens is 3. The number of hydrogen-bond acceptors (Lipinski definition) is 1. The lowest BCUT2D eigenvalue weighted by Crippen LogP contribution is -2.34. The average molecular weight is 418 g/mol. The smallest absolute Gasteiger partial charge is 0.0621 e. The fraction of sp³-hybridized carbons (Fsp3) is 0.312. The van der Waals surface area contributed by atoms with Crippen molar-refractivity contribution in [2.24, 2.45) is 0 Å². The van der Waals surface area contributed by atoms with Crippen molar-refractivity contribution >= 4 is 43.5 Å². The van der Waals surface area contributed by atoms with E-state index in [1.807, 2.05) is 6.07 Å². The van der Waals surface area contributed by atoms with Gasteiger partial charge in [0.05, 0.1) is 5.02 Å². The molecule has 0 bridgehead atoms. The molecule has 1 heterocycles. The number of hydrogen-bond donors (Lipinski definition) is 0. The van der Waals surface area contributed by atoms with Crippen LogP contribution in [0.5, 0.6) is 0 Å². The molecule has 0 N–H and O–H groups in total. The van der Waals surface area contributed by atoms with Gasteiger partial charge in [-0.3, -0.25) is 4.98 Å². The number of rotatable bonds is 5. The van der Waals surface area contributed by atoms with E-state index >= 15 is 0 Å². The van der Waals surface area contributed by atoms with Gasteiger partial charge in [0.1, 0.15) is 0 Å². The van der Waals surface area contributed by atoms with Crippen LogP contribution in [0.3, 0.4) is 0 Å². The summed E-state index contributed by atoms with van der Waals surface area (Å²) in [5.74, 6) is 0. The lowest BCUT2D eigenvalue weighted by Gasteiger charge is -2.32. The summed E-state index contributed by atoms with van der Waals surface area (Å²) in [4.78, 5) is 4.06. The number of aromatic nitrogens is 1. The molecule has 0 saturated carbocycles. The van der Waals surface area contributed by atoms with Crippen LogP contribution < -0.4 is 0 Å². The highest BCUT2D eigenvalue weighted by molar-refractivity contribution is 9.09. The predicted molar refractivity (Wildman–Crippen MR) is 93.4 cm³/mol. The summed E-state index contributed by atoms with van der Waals surface area (Å²) in [7, 11) is 0. The minimum atomic E-state index is -0.0175. The molecule has 0 aliphatic carbocycles. The molecule has 1 aromatic carbocycles. The van der Waals surface area contributed by atoms with Gasteiger partial charge in [-0.05, 0) is 36.1 Å². The average Bonchev–Trinajstić information content (AvgIpc) is 2.48. The van der Waals surface area contributed by atoms with Gasteiger partial charge < -0.3 is 0 Å². The SMILES string of the molecule is Cc1ccccc1C(CBr)(CBr)Cc1ccncc1Cl. The summed E-state index contributed by atoms with van der Waals surface area (Å²) in [5.41, 5.74) is 3.76. The molecule has 0 unspecified atom stereocenters. The van der Waals surface area contributed by atoms with Gasteiger partial charge in [-0.1, -0.05) is 67.7 Å². The molecular weight excluding hydrogens is 401 g/mol. The Labute approximate surface area is 142 Å². The predicted octanol–water partition coefficient (Wildman–Crippen LogP) is 5.31. The zero-order chi connectivity index (χ0) is 14.6. The Morgan fingerprint density at radius 3 is 2.45 bits per heavy atom. The Hall–Kier alpha value is -0.380. The summed E-state index contributed by atoms with van der Waals surface area (Å²) in [5, 5.41) is 2.47. The van der Waals surface area contributed by atoms with Crippen molar-refractivity contribution in [1.29, 1.82) is 0 Å². The van der Waals surface area contributed by atoms with Crippen LogP contribution in [0.4, 0.5) is 0 Å². The van der Waals surface area contributed by atoms with Crippen molar-refractivity contribution in [3.8, 4) is 0 Å². The Kier molecular flexibility index (Phi) is 5.65. The normalized spacial score (nSPS) is 11.6. The Bertz CT molecular complexity index is 582. The third kappa shape index (κ3) is 3.26. The highest BCUT2D eigenvalue weighted by Crippen LogP contribution is 2.36. The van der Waals surface area contributed by atoms with Crippen LogP contribution in [0.15, 0.2) is 42.7 Å². The lowest BCUT2D eigenvalue weighted by atomic mass is 9.77. The second kappa shape index (κ2) is 7.06. The summed E-state index contributed by atoms with van der Waals surface area (Å²) in [6.45, 7) is 2.16. The van der Waals surface area contributed by atoms with Crippen LogP contribution in [0, 0.1) is 6.92 Å². The minimum absolute atomic E-state index is 0.0175. The zero-order valence-corrected chi connectivity index (χ0v) is 15.2. The summed E-state index contributed by atoms with van der Waals surface area (Å²) in [6, 6.07) is 10.5. The fourth-order valence-corrected chi connectivity index (χ4v) is 4.56. The molecule has 0 atom stereocenters. The third-order valence-corrected chi connectivity index (χ3v) is 6.10. The van der Waals surface area contributed by atoms with E-state index in [2.05, 4.69) is 68.0 Å². The molecule has 0 radical (unpaired) electrons. The molecule has 2 rings (SSSR count). The van der Waals surface area contributed by atoms with E-state index in [-0.39, 0.29) is 5.41 Å². The number of pyridine rings is 1. The minimum Gasteiger partial charge on any atom is -0.263 e. The van der Waals surface area contributed by atoms with Crippen LogP contribution >= 0.6 is 43.5 Å². The molecule has 106 valence electrons. The molecule has 0 aliphatic heterocycles. The van der Waals surface area contributed by atoms with E-state index in [4.69, 9.17) is 11.6 Å². The standard InChI is InChI=1S/C16H16Br2ClN/c1-12-4-2-3-5-14(12)16(10-17,11-18)8-13-6-7-20-9-15(13)19/h2-7,9H,8,10-11H2,1H3. The molecule has 0 aliphatic rings. The van der Waals surface area contributed by atoms with Crippen molar-refractivity contribution in [3.63, 3.8) is 0 Å². The zero-order valence-electron chi connectivity index (χ0n) is 11.2. The molecule has 0 amide bonds. The van der Waals surface area contributed by atoms with Gasteiger partial charge in [-0.25, -0.2) is 0 Å². The molecule has 1 nitrogen and oxygen atoms in total. The van der Waals surface area contributed by atoms with E-state index in [9.17, 15) is 0 Å². The van der Waals surface area contributed by atoms with Gasteiger partial charge >= 0.3 is 0 Å². The van der Waals surface area contributed by atoms with Gasteiger partial charge in [0.2, 0.25) is 0 Å². The third-order valence-electron chi connectivity index (χ3n) is 3.61.